The van der Waals surface area contributed by atoms with Gasteiger partial charge in [0.15, 0.2) is 5.96 Å². The van der Waals surface area contributed by atoms with E-state index in [2.05, 4.69) is 34.5 Å². The molecule has 0 unspecified atom stereocenters. The van der Waals surface area contributed by atoms with Crippen molar-refractivity contribution in [1.82, 2.24) is 20.5 Å². The lowest BCUT2D eigenvalue weighted by Crippen LogP contribution is -2.49. The Balaban J connectivity index is 0.00000338. The summed E-state index contributed by atoms with van der Waals surface area (Å²) in [5.74, 6) is 0.810. The number of hydrogen-bond donors (Lipinski definition) is 2. The maximum Gasteiger partial charge on any atom is 0.409 e. The predicted octanol–water partition coefficient (Wildman–Crippen LogP) is 3.00. The first-order valence-corrected chi connectivity index (χ1v) is 9.88. The van der Waals surface area contributed by atoms with Crippen LogP contribution < -0.4 is 10.6 Å². The van der Waals surface area contributed by atoms with Gasteiger partial charge in [-0.2, -0.15) is 0 Å². The maximum atomic E-state index is 11.8. The Labute approximate surface area is 177 Å². The molecule has 0 saturated carbocycles. The third kappa shape index (κ3) is 7.26. The largest absolute Gasteiger partial charge is 0.450 e. The van der Waals surface area contributed by atoms with E-state index in [9.17, 15) is 4.79 Å². The Kier molecular flexibility index (Phi) is 10.9. The van der Waals surface area contributed by atoms with Crippen LogP contribution in [-0.2, 0) is 17.7 Å². The van der Waals surface area contributed by atoms with Crippen molar-refractivity contribution in [3.63, 3.8) is 0 Å². The standard InChI is InChI=1S/C17H29N5O2S.HI/c1-4-14-11-19-15(25-14)12-20-16(18-5-2)21-13-7-9-22(10-8-13)17(23)24-6-3;/h11,13H,4-10,12H2,1-3H3,(H2,18,20,21);1H. The summed E-state index contributed by atoms with van der Waals surface area (Å²) < 4.78 is 5.06. The summed E-state index contributed by atoms with van der Waals surface area (Å²) in [4.78, 5) is 23.9. The number of nitrogens with one attached hydrogen (secondary N) is 2. The van der Waals surface area contributed by atoms with E-state index in [4.69, 9.17) is 4.74 Å². The molecule has 1 saturated heterocycles. The SMILES string of the molecule is CCNC(=NCc1ncc(CC)s1)NC1CCN(C(=O)OCC)CC1.I. The van der Waals surface area contributed by atoms with Gasteiger partial charge < -0.3 is 20.3 Å². The average Bonchev–Trinajstić information content (AvgIpc) is 3.09. The number of carbonyl (C=O) groups is 1. The summed E-state index contributed by atoms with van der Waals surface area (Å²) in [5.41, 5.74) is 0. The third-order valence-electron chi connectivity index (χ3n) is 4.03. The van der Waals surface area contributed by atoms with Crippen molar-refractivity contribution in [1.29, 1.82) is 0 Å². The molecular weight excluding hydrogens is 465 g/mol. The smallest absolute Gasteiger partial charge is 0.409 e. The highest BCUT2D eigenvalue weighted by atomic mass is 127. The molecule has 1 aliphatic heterocycles. The summed E-state index contributed by atoms with van der Waals surface area (Å²) in [5, 5.41) is 7.80. The fourth-order valence-corrected chi connectivity index (χ4v) is 3.45. The minimum absolute atomic E-state index is 0. The van der Waals surface area contributed by atoms with Crippen LogP contribution in [0.4, 0.5) is 4.79 Å². The molecule has 0 radical (unpaired) electrons. The van der Waals surface area contributed by atoms with Gasteiger partial charge in [-0.3, -0.25) is 0 Å². The lowest BCUT2D eigenvalue weighted by Gasteiger charge is -2.32. The number of likely N-dealkylation sites (tertiary alicyclic amines) is 1. The summed E-state index contributed by atoms with van der Waals surface area (Å²) in [6.45, 7) is 9.26. The van der Waals surface area contributed by atoms with Crippen LogP contribution in [0.15, 0.2) is 11.2 Å². The van der Waals surface area contributed by atoms with E-state index in [1.807, 2.05) is 13.1 Å². The molecule has 1 aliphatic rings. The number of amides is 1. The average molecular weight is 495 g/mol. The Morgan fingerprint density at radius 1 is 1.38 bits per heavy atom. The molecule has 2 rings (SSSR count). The number of nitrogens with zero attached hydrogens (tertiary/aromatic N) is 3. The van der Waals surface area contributed by atoms with E-state index in [-0.39, 0.29) is 30.1 Å². The number of ether oxygens (including phenoxy) is 1. The van der Waals surface area contributed by atoms with Crippen molar-refractivity contribution in [3.05, 3.63) is 16.1 Å². The van der Waals surface area contributed by atoms with Crippen LogP contribution in [0.5, 0.6) is 0 Å². The molecule has 0 bridgehead atoms. The van der Waals surface area contributed by atoms with Crippen molar-refractivity contribution in [2.45, 2.75) is 52.6 Å². The minimum Gasteiger partial charge on any atom is -0.450 e. The molecular formula is C17H30IN5O2S. The lowest BCUT2D eigenvalue weighted by molar-refractivity contribution is 0.0963. The highest BCUT2D eigenvalue weighted by molar-refractivity contribution is 14.0. The number of rotatable bonds is 6. The zero-order valence-corrected chi connectivity index (χ0v) is 18.9. The molecule has 0 aliphatic carbocycles. The Bertz CT molecular complexity index is 573. The zero-order chi connectivity index (χ0) is 18.1. The van der Waals surface area contributed by atoms with Gasteiger partial charge in [-0.15, -0.1) is 35.3 Å². The fourth-order valence-electron chi connectivity index (χ4n) is 2.67. The van der Waals surface area contributed by atoms with Crippen LogP contribution >= 0.6 is 35.3 Å². The predicted molar refractivity (Wildman–Crippen MR) is 116 cm³/mol. The normalized spacial score (nSPS) is 15.3. The molecule has 7 nitrogen and oxygen atoms in total. The van der Waals surface area contributed by atoms with Crippen LogP contribution in [0.2, 0.25) is 0 Å². The molecule has 9 heteroatoms. The quantitative estimate of drug-likeness (QED) is 0.361. The van der Waals surface area contributed by atoms with E-state index >= 15 is 0 Å². The maximum absolute atomic E-state index is 11.8. The Morgan fingerprint density at radius 2 is 2.12 bits per heavy atom. The molecule has 1 aromatic rings. The van der Waals surface area contributed by atoms with Crippen molar-refractivity contribution >= 4 is 47.4 Å². The second kappa shape index (κ2) is 12.3. The first-order chi connectivity index (χ1) is 12.2. The van der Waals surface area contributed by atoms with Crippen LogP contribution in [0.3, 0.4) is 0 Å². The summed E-state index contributed by atoms with van der Waals surface area (Å²) in [6.07, 6.45) is 4.51. The molecule has 0 atom stereocenters. The van der Waals surface area contributed by atoms with Gasteiger partial charge >= 0.3 is 6.09 Å². The number of hydrogen-bond acceptors (Lipinski definition) is 5. The Hall–Kier alpha value is -1.10. The van der Waals surface area contributed by atoms with Crippen LogP contribution in [0.25, 0.3) is 0 Å². The summed E-state index contributed by atoms with van der Waals surface area (Å²) in [6, 6.07) is 0.311. The van der Waals surface area contributed by atoms with Gasteiger partial charge in [-0.1, -0.05) is 6.92 Å². The number of piperidine rings is 1. The summed E-state index contributed by atoms with van der Waals surface area (Å²) >= 11 is 1.72. The van der Waals surface area contributed by atoms with Crippen molar-refractivity contribution < 1.29 is 9.53 Å². The topological polar surface area (TPSA) is 78.9 Å². The molecule has 2 heterocycles. The third-order valence-corrected chi connectivity index (χ3v) is 5.15. The second-order valence-corrected chi connectivity index (χ2v) is 7.07. The van der Waals surface area contributed by atoms with Gasteiger partial charge in [-0.05, 0) is 33.1 Å². The van der Waals surface area contributed by atoms with Gasteiger partial charge in [0, 0.05) is 36.8 Å². The number of aliphatic imine (C=N–C) groups is 1. The minimum atomic E-state index is -0.211. The van der Waals surface area contributed by atoms with Crippen molar-refractivity contribution in [2.75, 3.05) is 26.2 Å². The molecule has 148 valence electrons. The van der Waals surface area contributed by atoms with Crippen LogP contribution in [0, 0.1) is 0 Å². The van der Waals surface area contributed by atoms with Crippen LogP contribution in [-0.4, -0.2) is 54.2 Å². The molecule has 2 N–H and O–H groups in total. The summed E-state index contributed by atoms with van der Waals surface area (Å²) in [7, 11) is 0. The molecule has 26 heavy (non-hydrogen) atoms. The molecule has 0 spiro atoms. The lowest BCUT2D eigenvalue weighted by atomic mass is 10.1. The van der Waals surface area contributed by atoms with Crippen LogP contribution in [0.1, 0.15) is 43.5 Å². The number of carbonyl (C=O) groups excluding carboxylic acids is 1. The fraction of sp³-hybridized carbons (Fsp3) is 0.706. The highest BCUT2D eigenvalue weighted by Gasteiger charge is 2.24. The van der Waals surface area contributed by atoms with E-state index in [0.29, 0.717) is 32.3 Å². The number of guanidine groups is 1. The molecule has 1 fully saturated rings. The number of aryl methyl sites for hydroxylation is 1. The van der Waals surface area contributed by atoms with Gasteiger partial charge in [-0.25, -0.2) is 14.8 Å². The van der Waals surface area contributed by atoms with E-state index in [1.165, 1.54) is 4.88 Å². The van der Waals surface area contributed by atoms with E-state index in [0.717, 1.165) is 36.8 Å². The van der Waals surface area contributed by atoms with Gasteiger partial charge in [0.2, 0.25) is 0 Å². The first kappa shape index (κ1) is 22.9. The van der Waals surface area contributed by atoms with Gasteiger partial charge in [0.05, 0.1) is 13.2 Å². The molecule has 1 aromatic heterocycles. The van der Waals surface area contributed by atoms with Gasteiger partial charge in [0.1, 0.15) is 5.01 Å². The number of aromatic nitrogens is 1. The van der Waals surface area contributed by atoms with E-state index in [1.54, 1.807) is 16.2 Å². The number of thiazole rings is 1. The first-order valence-electron chi connectivity index (χ1n) is 9.06. The van der Waals surface area contributed by atoms with E-state index < -0.39 is 0 Å². The zero-order valence-electron chi connectivity index (χ0n) is 15.8. The molecule has 0 aromatic carbocycles. The monoisotopic (exact) mass is 495 g/mol. The Morgan fingerprint density at radius 3 is 2.69 bits per heavy atom. The van der Waals surface area contributed by atoms with Gasteiger partial charge in [0.25, 0.3) is 0 Å². The molecule has 1 amide bonds. The van der Waals surface area contributed by atoms with Crippen molar-refractivity contribution in [3.8, 4) is 0 Å². The number of halogens is 1. The van der Waals surface area contributed by atoms with Crippen molar-refractivity contribution in [2.24, 2.45) is 4.99 Å². The second-order valence-electron chi connectivity index (χ2n) is 5.87. The highest BCUT2D eigenvalue weighted by Crippen LogP contribution is 2.14.